The van der Waals surface area contributed by atoms with Gasteiger partial charge in [0.15, 0.2) is 5.92 Å². The Hall–Kier alpha value is -1.10. The van der Waals surface area contributed by atoms with Crippen molar-refractivity contribution in [3.63, 3.8) is 0 Å². The van der Waals surface area contributed by atoms with Crippen molar-refractivity contribution in [2.24, 2.45) is 5.92 Å². The molecule has 0 saturated carbocycles. The van der Waals surface area contributed by atoms with E-state index in [1.54, 1.807) is 21.0 Å². The van der Waals surface area contributed by atoms with E-state index in [4.69, 9.17) is 14.2 Å². The van der Waals surface area contributed by atoms with E-state index in [0.717, 1.165) is 0 Å². The standard InChI is InChI=1S/C13H24O5/c1-6-17-11(14)10(12(15)18-7-2)8-9-13(3,4)16-5/h10H,6-9H2,1-5H3. The fourth-order valence-corrected chi connectivity index (χ4v) is 1.41. The number of ether oxygens (including phenoxy) is 3. The third kappa shape index (κ3) is 6.00. The zero-order chi connectivity index (χ0) is 14.2. The smallest absolute Gasteiger partial charge is 0.320 e. The Labute approximate surface area is 109 Å². The maximum atomic E-state index is 11.7. The maximum Gasteiger partial charge on any atom is 0.320 e. The van der Waals surface area contributed by atoms with Gasteiger partial charge in [-0.3, -0.25) is 9.59 Å². The lowest BCUT2D eigenvalue weighted by Crippen LogP contribution is -2.31. The van der Waals surface area contributed by atoms with Gasteiger partial charge >= 0.3 is 11.9 Å². The monoisotopic (exact) mass is 260 g/mol. The fourth-order valence-electron chi connectivity index (χ4n) is 1.41. The first kappa shape index (κ1) is 16.9. The van der Waals surface area contributed by atoms with Crippen molar-refractivity contribution in [3.8, 4) is 0 Å². The van der Waals surface area contributed by atoms with Gasteiger partial charge in [0.05, 0.1) is 18.8 Å². The third-order valence-corrected chi connectivity index (χ3v) is 2.73. The molecule has 0 aliphatic heterocycles. The third-order valence-electron chi connectivity index (χ3n) is 2.73. The van der Waals surface area contributed by atoms with Crippen LogP contribution in [0.2, 0.25) is 0 Å². The van der Waals surface area contributed by atoms with Crippen LogP contribution in [0.3, 0.4) is 0 Å². The summed E-state index contributed by atoms with van der Waals surface area (Å²) in [5.74, 6) is -1.91. The van der Waals surface area contributed by atoms with Crippen molar-refractivity contribution in [3.05, 3.63) is 0 Å². The summed E-state index contributed by atoms with van der Waals surface area (Å²) in [6, 6.07) is 0. The number of carbonyl (C=O) groups excluding carboxylic acids is 2. The van der Waals surface area contributed by atoms with Gasteiger partial charge in [-0.2, -0.15) is 0 Å². The van der Waals surface area contributed by atoms with Crippen LogP contribution >= 0.6 is 0 Å². The molecule has 0 spiro atoms. The van der Waals surface area contributed by atoms with Crippen molar-refractivity contribution >= 4 is 11.9 Å². The van der Waals surface area contributed by atoms with Crippen LogP contribution in [0.1, 0.15) is 40.5 Å². The number of hydrogen-bond acceptors (Lipinski definition) is 5. The summed E-state index contributed by atoms with van der Waals surface area (Å²) in [7, 11) is 1.60. The Morgan fingerprint density at radius 2 is 1.50 bits per heavy atom. The summed E-state index contributed by atoms with van der Waals surface area (Å²) in [4.78, 5) is 23.4. The Morgan fingerprint density at radius 1 is 1.06 bits per heavy atom. The molecule has 0 N–H and O–H groups in total. The second kappa shape index (κ2) is 8.08. The van der Waals surface area contributed by atoms with E-state index in [1.165, 1.54) is 0 Å². The molecule has 0 unspecified atom stereocenters. The Balaban J connectivity index is 4.57. The van der Waals surface area contributed by atoms with Crippen molar-refractivity contribution < 1.29 is 23.8 Å². The zero-order valence-corrected chi connectivity index (χ0v) is 11.9. The second-order valence-electron chi connectivity index (χ2n) is 4.56. The topological polar surface area (TPSA) is 61.8 Å². The van der Waals surface area contributed by atoms with Crippen LogP contribution in [0.4, 0.5) is 0 Å². The molecule has 0 rings (SSSR count). The minimum atomic E-state index is -0.862. The van der Waals surface area contributed by atoms with E-state index in [2.05, 4.69) is 0 Å². The van der Waals surface area contributed by atoms with Gasteiger partial charge < -0.3 is 14.2 Å². The van der Waals surface area contributed by atoms with Crippen LogP contribution in [0.15, 0.2) is 0 Å². The molecule has 5 nitrogen and oxygen atoms in total. The molecule has 0 aromatic carbocycles. The number of methoxy groups -OCH3 is 1. The normalized spacial score (nSPS) is 11.4. The van der Waals surface area contributed by atoms with Crippen molar-refractivity contribution in [1.29, 1.82) is 0 Å². The van der Waals surface area contributed by atoms with Gasteiger partial charge in [0, 0.05) is 7.11 Å². The van der Waals surface area contributed by atoms with Crippen molar-refractivity contribution in [1.82, 2.24) is 0 Å². The molecule has 0 saturated heterocycles. The lowest BCUT2D eigenvalue weighted by molar-refractivity contribution is -0.162. The van der Waals surface area contributed by atoms with Crippen LogP contribution in [0.5, 0.6) is 0 Å². The van der Waals surface area contributed by atoms with E-state index < -0.39 is 17.9 Å². The summed E-state index contributed by atoms with van der Waals surface area (Å²) in [6.45, 7) is 7.73. The molecule has 0 aliphatic rings. The van der Waals surface area contributed by atoms with E-state index in [1.807, 2.05) is 13.8 Å². The summed E-state index contributed by atoms with van der Waals surface area (Å²) in [6.07, 6.45) is 0.935. The van der Waals surface area contributed by atoms with Crippen molar-refractivity contribution in [2.75, 3.05) is 20.3 Å². The number of esters is 2. The average Bonchev–Trinajstić information content (AvgIpc) is 2.30. The van der Waals surface area contributed by atoms with Crippen LogP contribution in [0, 0.1) is 5.92 Å². The molecule has 0 aromatic heterocycles. The molecular formula is C13H24O5. The van der Waals surface area contributed by atoms with E-state index in [9.17, 15) is 9.59 Å². The SMILES string of the molecule is CCOC(=O)C(CCC(C)(C)OC)C(=O)OCC. The maximum absolute atomic E-state index is 11.7. The Morgan fingerprint density at radius 3 is 1.83 bits per heavy atom. The van der Waals surface area contributed by atoms with E-state index in [-0.39, 0.29) is 18.8 Å². The summed E-state index contributed by atoms with van der Waals surface area (Å²) >= 11 is 0. The van der Waals surface area contributed by atoms with Gasteiger partial charge in [-0.15, -0.1) is 0 Å². The highest BCUT2D eigenvalue weighted by Gasteiger charge is 2.31. The second-order valence-corrected chi connectivity index (χ2v) is 4.56. The largest absolute Gasteiger partial charge is 0.465 e. The average molecular weight is 260 g/mol. The lowest BCUT2D eigenvalue weighted by Gasteiger charge is -2.24. The number of rotatable bonds is 8. The van der Waals surface area contributed by atoms with Gasteiger partial charge in [-0.1, -0.05) is 0 Å². The summed E-state index contributed by atoms with van der Waals surface area (Å²) in [5, 5.41) is 0. The molecule has 0 bridgehead atoms. The van der Waals surface area contributed by atoms with E-state index in [0.29, 0.717) is 12.8 Å². The molecule has 0 atom stereocenters. The molecule has 0 heterocycles. The van der Waals surface area contributed by atoms with Gasteiger partial charge in [0.2, 0.25) is 0 Å². The Bertz CT molecular complexity index is 255. The minimum Gasteiger partial charge on any atom is -0.465 e. The fraction of sp³-hybridized carbons (Fsp3) is 0.846. The highest BCUT2D eigenvalue weighted by Crippen LogP contribution is 2.21. The minimum absolute atomic E-state index is 0.252. The highest BCUT2D eigenvalue weighted by molar-refractivity contribution is 5.94. The molecular weight excluding hydrogens is 236 g/mol. The number of carbonyl (C=O) groups is 2. The molecule has 5 heteroatoms. The molecule has 0 radical (unpaired) electrons. The molecule has 106 valence electrons. The van der Waals surface area contributed by atoms with Gasteiger partial charge in [-0.25, -0.2) is 0 Å². The first-order chi connectivity index (χ1) is 8.37. The predicted octanol–water partition coefficient (Wildman–Crippen LogP) is 1.93. The molecule has 0 aliphatic carbocycles. The first-order valence-electron chi connectivity index (χ1n) is 6.26. The van der Waals surface area contributed by atoms with Crippen molar-refractivity contribution in [2.45, 2.75) is 46.1 Å². The quantitative estimate of drug-likeness (QED) is 0.493. The Kier molecular flexibility index (Phi) is 7.59. The van der Waals surface area contributed by atoms with Crippen LogP contribution in [-0.4, -0.2) is 37.9 Å². The first-order valence-corrected chi connectivity index (χ1v) is 6.26. The summed E-state index contributed by atoms with van der Waals surface area (Å²) < 4.78 is 15.0. The van der Waals surface area contributed by atoms with Crippen LogP contribution in [-0.2, 0) is 23.8 Å². The van der Waals surface area contributed by atoms with Crippen LogP contribution in [0.25, 0.3) is 0 Å². The molecule has 0 aromatic rings. The molecule has 18 heavy (non-hydrogen) atoms. The summed E-state index contributed by atoms with van der Waals surface area (Å²) in [5.41, 5.74) is -0.378. The number of hydrogen-bond donors (Lipinski definition) is 0. The van der Waals surface area contributed by atoms with Gasteiger partial charge in [-0.05, 0) is 40.5 Å². The van der Waals surface area contributed by atoms with Gasteiger partial charge in [0.1, 0.15) is 0 Å². The zero-order valence-electron chi connectivity index (χ0n) is 11.9. The van der Waals surface area contributed by atoms with E-state index >= 15 is 0 Å². The predicted molar refractivity (Wildman–Crippen MR) is 67.1 cm³/mol. The molecule has 0 amide bonds. The van der Waals surface area contributed by atoms with Gasteiger partial charge in [0.25, 0.3) is 0 Å². The highest BCUT2D eigenvalue weighted by atomic mass is 16.6. The lowest BCUT2D eigenvalue weighted by atomic mass is 9.95. The van der Waals surface area contributed by atoms with Crippen LogP contribution < -0.4 is 0 Å². The molecule has 0 fully saturated rings.